The third-order valence-electron chi connectivity index (χ3n) is 5.28. The van der Waals surface area contributed by atoms with Crippen LogP contribution in [0.5, 0.6) is 5.75 Å². The summed E-state index contributed by atoms with van der Waals surface area (Å²) < 4.78 is 61.1. The number of nitrogens with zero attached hydrogens (tertiary/aromatic N) is 3. The second-order valence-corrected chi connectivity index (χ2v) is 8.83. The lowest BCUT2D eigenvalue weighted by molar-refractivity contribution is -0.137. The predicted molar refractivity (Wildman–Crippen MR) is 131 cm³/mol. The van der Waals surface area contributed by atoms with Gasteiger partial charge in [-0.1, -0.05) is 23.9 Å². The average molecular weight is 531 g/mol. The molecule has 2 aromatic rings. The van der Waals surface area contributed by atoms with Gasteiger partial charge in [-0.15, -0.1) is 0 Å². The van der Waals surface area contributed by atoms with Crippen molar-refractivity contribution in [1.82, 2.24) is 14.5 Å². The van der Waals surface area contributed by atoms with E-state index in [0.29, 0.717) is 11.8 Å². The quantitative estimate of drug-likeness (QED) is 0.182. The maximum absolute atomic E-state index is 14.4. The van der Waals surface area contributed by atoms with Crippen molar-refractivity contribution in [2.45, 2.75) is 12.7 Å². The van der Waals surface area contributed by atoms with E-state index in [9.17, 15) is 22.4 Å². The summed E-state index contributed by atoms with van der Waals surface area (Å²) in [5.41, 5.74) is 4.45. The molecule has 0 saturated carbocycles. The minimum absolute atomic E-state index is 0.00818. The number of rotatable bonds is 6. The Balaban J connectivity index is 1.60. The Kier molecular flexibility index (Phi) is 6.99. The summed E-state index contributed by atoms with van der Waals surface area (Å²) in [7, 11) is 1.24. The van der Waals surface area contributed by atoms with Crippen LogP contribution in [0.15, 0.2) is 55.0 Å². The van der Waals surface area contributed by atoms with Gasteiger partial charge in [0.2, 0.25) is 0 Å². The number of amides is 1. The fourth-order valence-corrected chi connectivity index (χ4v) is 4.39. The van der Waals surface area contributed by atoms with Gasteiger partial charge in [0.1, 0.15) is 28.0 Å². The van der Waals surface area contributed by atoms with Crippen LogP contribution < -0.4 is 10.5 Å². The van der Waals surface area contributed by atoms with Crippen molar-refractivity contribution in [2.24, 2.45) is 5.73 Å². The molecular weight excluding hydrogens is 512 g/mol. The lowest BCUT2D eigenvalue weighted by Gasteiger charge is -2.15. The Labute approximate surface area is 211 Å². The first-order chi connectivity index (χ1) is 17.5. The molecule has 0 radical (unpaired) electrons. The number of nitrogens with two attached hydrogens (primary N) is 1. The Hall–Kier alpha value is -4.26. The fraction of sp³-hybridized carbons (Fsp3) is 0.125. The van der Waals surface area contributed by atoms with Gasteiger partial charge in [-0.3, -0.25) is 15.6 Å². The van der Waals surface area contributed by atoms with Crippen LogP contribution in [0.4, 0.5) is 17.6 Å². The molecule has 0 aliphatic carbocycles. The van der Waals surface area contributed by atoms with Crippen molar-refractivity contribution in [3.05, 3.63) is 77.5 Å². The predicted octanol–water partition coefficient (Wildman–Crippen LogP) is 5.05. The molecule has 4 rings (SSSR count). The lowest BCUT2D eigenvalue weighted by atomic mass is 10.1. The number of primary amides is 1. The number of thioether (sulfide) groups is 1. The van der Waals surface area contributed by atoms with Crippen LogP contribution in [0.1, 0.15) is 21.5 Å². The van der Waals surface area contributed by atoms with Gasteiger partial charge < -0.3 is 15.0 Å². The van der Waals surface area contributed by atoms with Crippen molar-refractivity contribution in [1.29, 1.82) is 10.8 Å². The third kappa shape index (κ3) is 5.31. The van der Waals surface area contributed by atoms with E-state index >= 15 is 0 Å². The number of methoxy groups -OCH3 is 1. The van der Waals surface area contributed by atoms with Crippen molar-refractivity contribution in [2.75, 3.05) is 7.11 Å². The molecular formula is C24H18F4N6O2S. The molecule has 0 spiro atoms. The minimum Gasteiger partial charge on any atom is -0.497 e. The second-order valence-electron chi connectivity index (χ2n) is 7.72. The molecule has 4 N–H and O–H groups in total. The number of ether oxygens (including phenoxy) is 1. The number of halogens is 4. The van der Waals surface area contributed by atoms with Crippen molar-refractivity contribution in [3.8, 4) is 28.4 Å². The molecule has 2 aromatic carbocycles. The van der Waals surface area contributed by atoms with Crippen molar-refractivity contribution in [3.63, 3.8) is 0 Å². The number of aromatic nitrogens is 3. The number of alkyl halides is 3. The normalized spacial score (nSPS) is 11.5. The van der Waals surface area contributed by atoms with E-state index in [-0.39, 0.29) is 51.1 Å². The van der Waals surface area contributed by atoms with Crippen LogP contribution in [0.2, 0.25) is 0 Å². The largest absolute Gasteiger partial charge is 0.497 e. The number of hydrogen-bond donors (Lipinski definition) is 3. The number of fused-ring (bicyclic) bond motifs is 1. The molecule has 0 saturated heterocycles. The standard InChI is InChI=1S/C24H18F4N6O2S/c1-36-12-6-7-13(15(8-12)24(26,27)28)23(31)37-18(29)10-34-9-17-21(32-11-34)19(22(30)35)20(33-17)14-4-2-3-5-16(14)25/h2-9,11,29,31H,10H2,1H3,(H2,30,35). The van der Waals surface area contributed by atoms with Crippen molar-refractivity contribution >= 4 is 27.8 Å². The van der Waals surface area contributed by atoms with Crippen LogP contribution in [0, 0.1) is 16.6 Å². The van der Waals surface area contributed by atoms with E-state index < -0.39 is 28.5 Å². The molecule has 2 aliphatic heterocycles. The summed E-state index contributed by atoms with van der Waals surface area (Å²) in [4.78, 5) is 20.6. The summed E-state index contributed by atoms with van der Waals surface area (Å²) >= 11 is 0.542. The number of hydrogen-bond acceptors (Lipinski definition) is 7. The number of carbonyl (C=O) groups excluding carboxylic acids is 1. The van der Waals surface area contributed by atoms with Gasteiger partial charge in [-0.05, 0) is 30.3 Å². The summed E-state index contributed by atoms with van der Waals surface area (Å²) in [5.74, 6) is -1.46. The van der Waals surface area contributed by atoms with E-state index in [1.165, 1.54) is 48.5 Å². The molecule has 37 heavy (non-hydrogen) atoms. The first-order valence-corrected chi connectivity index (χ1v) is 11.3. The fourth-order valence-electron chi connectivity index (χ4n) is 3.64. The summed E-state index contributed by atoms with van der Waals surface area (Å²) in [6, 6.07) is 8.95. The van der Waals surface area contributed by atoms with E-state index in [2.05, 4.69) is 9.97 Å². The van der Waals surface area contributed by atoms with Crippen LogP contribution in [-0.2, 0) is 12.7 Å². The van der Waals surface area contributed by atoms with Gasteiger partial charge in [0.05, 0.1) is 41.8 Å². The summed E-state index contributed by atoms with van der Waals surface area (Å²) in [5, 5.41) is 15.7. The molecule has 190 valence electrons. The summed E-state index contributed by atoms with van der Waals surface area (Å²) in [6.07, 6.45) is -1.98. The number of benzene rings is 2. The van der Waals surface area contributed by atoms with Gasteiger partial charge in [0.25, 0.3) is 5.91 Å². The zero-order valence-electron chi connectivity index (χ0n) is 19.1. The van der Waals surface area contributed by atoms with E-state index in [0.717, 1.165) is 12.1 Å². The van der Waals surface area contributed by atoms with Gasteiger partial charge in [-0.2, -0.15) is 13.2 Å². The molecule has 0 aromatic heterocycles. The maximum atomic E-state index is 14.4. The van der Waals surface area contributed by atoms with Crippen LogP contribution in [-0.4, -0.2) is 37.6 Å². The molecule has 1 amide bonds. The van der Waals surface area contributed by atoms with E-state index in [1.54, 1.807) is 6.07 Å². The second kappa shape index (κ2) is 10.0. The Morgan fingerprint density at radius 2 is 1.89 bits per heavy atom. The SMILES string of the molecule is COc1ccc(C(=N)SC(=N)Cn2cnc3c(C(N)=O)c(-c4ccccc4F)nc-3c2)c(C(F)(F)F)c1. The summed E-state index contributed by atoms with van der Waals surface area (Å²) in [6.45, 7) is -0.151. The zero-order chi connectivity index (χ0) is 26.9. The lowest BCUT2D eigenvalue weighted by Crippen LogP contribution is -2.15. The van der Waals surface area contributed by atoms with Crippen LogP contribution in [0.25, 0.3) is 22.6 Å². The highest BCUT2D eigenvalue weighted by Crippen LogP contribution is 2.37. The molecule has 2 aliphatic rings. The van der Waals surface area contributed by atoms with Gasteiger partial charge >= 0.3 is 6.18 Å². The molecule has 8 nitrogen and oxygen atoms in total. The molecule has 0 atom stereocenters. The van der Waals surface area contributed by atoms with Gasteiger partial charge in [0, 0.05) is 17.3 Å². The monoisotopic (exact) mass is 530 g/mol. The third-order valence-corrected chi connectivity index (χ3v) is 6.07. The smallest absolute Gasteiger partial charge is 0.417 e. The molecule has 0 bridgehead atoms. The van der Waals surface area contributed by atoms with Crippen LogP contribution in [0.3, 0.4) is 0 Å². The topological polar surface area (TPSA) is 131 Å². The molecule has 13 heteroatoms. The number of nitrogens with one attached hydrogen (secondary N) is 2. The van der Waals surface area contributed by atoms with Gasteiger partial charge in [0.15, 0.2) is 0 Å². The highest BCUT2D eigenvalue weighted by atomic mass is 32.2. The Morgan fingerprint density at radius 3 is 2.54 bits per heavy atom. The molecule has 2 heterocycles. The molecule has 0 fully saturated rings. The van der Waals surface area contributed by atoms with E-state index in [4.69, 9.17) is 21.3 Å². The van der Waals surface area contributed by atoms with Crippen molar-refractivity contribution < 1.29 is 27.1 Å². The van der Waals surface area contributed by atoms with Gasteiger partial charge in [-0.25, -0.2) is 14.4 Å². The highest BCUT2D eigenvalue weighted by molar-refractivity contribution is 8.26. The van der Waals surface area contributed by atoms with E-state index in [1.807, 2.05) is 0 Å². The average Bonchev–Trinajstić information content (AvgIpc) is 3.22. The van der Waals surface area contributed by atoms with Crippen LogP contribution >= 0.6 is 11.8 Å². The number of carbonyl (C=O) groups is 1. The zero-order valence-corrected chi connectivity index (χ0v) is 19.9. The molecule has 0 unspecified atom stereocenters. The highest BCUT2D eigenvalue weighted by Gasteiger charge is 2.35. The first-order valence-electron chi connectivity index (χ1n) is 10.5. The Bertz CT molecular complexity index is 1500. The first kappa shape index (κ1) is 25.8. The maximum Gasteiger partial charge on any atom is 0.417 e. The minimum atomic E-state index is -4.72. The Morgan fingerprint density at radius 1 is 1.16 bits per heavy atom.